The van der Waals surface area contributed by atoms with Crippen molar-refractivity contribution in [2.24, 2.45) is 0 Å². The van der Waals surface area contributed by atoms with E-state index >= 15 is 0 Å². The molecule has 1 aromatic heterocycles. The quantitative estimate of drug-likeness (QED) is 0.719. The molecule has 5 nitrogen and oxygen atoms in total. The molecule has 1 aromatic carbocycles. The maximum atomic E-state index is 11.0. The van der Waals surface area contributed by atoms with E-state index in [1.807, 2.05) is 6.07 Å². The smallest absolute Gasteiger partial charge is 0.326 e. The van der Waals surface area contributed by atoms with Gasteiger partial charge >= 0.3 is 5.97 Å². The zero-order chi connectivity index (χ0) is 13.1. The monoisotopic (exact) mass is 266 g/mol. The maximum absolute atomic E-state index is 11.0. The Morgan fingerprint density at radius 3 is 3.00 bits per heavy atom. The van der Waals surface area contributed by atoms with E-state index in [-0.39, 0.29) is 6.42 Å². The van der Waals surface area contributed by atoms with Crippen molar-refractivity contribution in [3.8, 4) is 0 Å². The summed E-state index contributed by atoms with van der Waals surface area (Å²) in [6.45, 7) is 0. The zero-order valence-corrected chi connectivity index (χ0v) is 10.1. The van der Waals surface area contributed by atoms with E-state index in [4.69, 9.17) is 16.7 Å². The lowest BCUT2D eigenvalue weighted by molar-refractivity contribution is -0.140. The minimum Gasteiger partial charge on any atom is -0.480 e. The minimum absolute atomic E-state index is 0.218. The number of hydrogen-bond acceptors (Lipinski definition) is 2. The first-order chi connectivity index (χ1) is 8.61. The van der Waals surface area contributed by atoms with Crippen molar-refractivity contribution >= 4 is 34.9 Å². The summed E-state index contributed by atoms with van der Waals surface area (Å²) in [4.78, 5) is 24.3. The van der Waals surface area contributed by atoms with Gasteiger partial charge in [-0.1, -0.05) is 17.7 Å². The van der Waals surface area contributed by atoms with Crippen molar-refractivity contribution in [1.29, 1.82) is 0 Å². The van der Waals surface area contributed by atoms with Crippen molar-refractivity contribution in [3.63, 3.8) is 0 Å². The highest BCUT2D eigenvalue weighted by molar-refractivity contribution is 6.31. The van der Waals surface area contributed by atoms with Gasteiger partial charge in [0.15, 0.2) is 0 Å². The van der Waals surface area contributed by atoms with Gasteiger partial charge in [-0.3, -0.25) is 4.79 Å². The van der Waals surface area contributed by atoms with Gasteiger partial charge in [0.2, 0.25) is 6.41 Å². The second kappa shape index (κ2) is 5.10. The van der Waals surface area contributed by atoms with Gasteiger partial charge in [-0.25, -0.2) is 4.79 Å². The number of aromatic nitrogens is 1. The molecule has 0 spiro atoms. The summed E-state index contributed by atoms with van der Waals surface area (Å²) in [5.74, 6) is -1.06. The number of carbonyl (C=O) groups is 2. The van der Waals surface area contributed by atoms with Gasteiger partial charge in [-0.2, -0.15) is 0 Å². The third kappa shape index (κ3) is 2.46. The zero-order valence-electron chi connectivity index (χ0n) is 9.31. The normalized spacial score (nSPS) is 12.3. The Bertz CT molecular complexity index is 594. The molecule has 0 bridgehead atoms. The fourth-order valence-corrected chi connectivity index (χ4v) is 2.02. The van der Waals surface area contributed by atoms with E-state index in [1.165, 1.54) is 0 Å². The summed E-state index contributed by atoms with van der Waals surface area (Å²) < 4.78 is 0. The molecule has 0 aliphatic heterocycles. The van der Waals surface area contributed by atoms with Gasteiger partial charge in [0.05, 0.1) is 0 Å². The van der Waals surface area contributed by atoms with Gasteiger partial charge in [-0.15, -0.1) is 0 Å². The second-order valence-corrected chi connectivity index (χ2v) is 4.32. The summed E-state index contributed by atoms with van der Waals surface area (Å²) in [6.07, 6.45) is 2.34. The van der Waals surface area contributed by atoms with Crippen LogP contribution in [0, 0.1) is 0 Å². The highest BCUT2D eigenvalue weighted by Gasteiger charge is 2.18. The largest absolute Gasteiger partial charge is 0.480 e. The van der Waals surface area contributed by atoms with Crippen molar-refractivity contribution in [2.75, 3.05) is 0 Å². The lowest BCUT2D eigenvalue weighted by Crippen LogP contribution is -2.37. The predicted molar refractivity (Wildman–Crippen MR) is 67.6 cm³/mol. The number of halogens is 1. The predicted octanol–water partition coefficient (Wildman–Crippen LogP) is 1.56. The first-order valence-corrected chi connectivity index (χ1v) is 5.67. The number of H-pyrrole nitrogens is 1. The second-order valence-electron chi connectivity index (χ2n) is 3.88. The average molecular weight is 267 g/mol. The molecule has 0 unspecified atom stereocenters. The maximum Gasteiger partial charge on any atom is 0.326 e. The number of aromatic amines is 1. The van der Waals surface area contributed by atoms with Crippen LogP contribution in [0.3, 0.4) is 0 Å². The molecule has 18 heavy (non-hydrogen) atoms. The highest BCUT2D eigenvalue weighted by atomic mass is 35.5. The summed E-state index contributed by atoms with van der Waals surface area (Å²) >= 11 is 5.86. The van der Waals surface area contributed by atoms with Crippen LogP contribution < -0.4 is 5.32 Å². The van der Waals surface area contributed by atoms with E-state index in [0.29, 0.717) is 11.4 Å². The molecule has 3 N–H and O–H groups in total. The topological polar surface area (TPSA) is 82.2 Å². The molecule has 1 heterocycles. The van der Waals surface area contributed by atoms with E-state index in [0.717, 1.165) is 16.5 Å². The number of aliphatic carboxylic acids is 1. The molecular formula is C12H11ClN2O3. The summed E-state index contributed by atoms with van der Waals surface area (Å²) in [5, 5.41) is 12.8. The van der Waals surface area contributed by atoms with E-state index < -0.39 is 12.0 Å². The number of nitrogens with one attached hydrogen (secondary N) is 2. The standard InChI is InChI=1S/C12H11ClN2O3/c13-8-1-2-9-7(5-14-10(9)4-8)3-11(12(17)18)15-6-16/h1-2,4-6,11,14H,3H2,(H,15,16)(H,17,18)/t11-/m0/s1. The molecule has 0 radical (unpaired) electrons. The van der Waals surface area contributed by atoms with Crippen molar-refractivity contribution in [3.05, 3.63) is 35.0 Å². The summed E-state index contributed by atoms with van der Waals surface area (Å²) in [5.41, 5.74) is 1.66. The Labute approximate surface area is 108 Å². The number of fused-ring (bicyclic) bond motifs is 1. The SMILES string of the molecule is O=CN[C@@H](Cc1c[nH]c2cc(Cl)ccc12)C(=O)O. The van der Waals surface area contributed by atoms with Gasteiger partial charge in [0, 0.05) is 28.5 Å². The van der Waals surface area contributed by atoms with E-state index in [9.17, 15) is 9.59 Å². The molecule has 2 rings (SSSR count). The van der Waals surface area contributed by atoms with Crippen molar-refractivity contribution in [1.82, 2.24) is 10.3 Å². The van der Waals surface area contributed by atoms with Crippen LogP contribution in [-0.4, -0.2) is 28.5 Å². The van der Waals surface area contributed by atoms with Crippen LogP contribution in [0.4, 0.5) is 0 Å². The Morgan fingerprint density at radius 2 is 2.33 bits per heavy atom. The first kappa shape index (κ1) is 12.4. The Kier molecular flexibility index (Phi) is 3.53. The van der Waals surface area contributed by atoms with Gasteiger partial charge in [0.25, 0.3) is 0 Å². The Balaban J connectivity index is 2.30. The fraction of sp³-hybridized carbons (Fsp3) is 0.167. The minimum atomic E-state index is -1.06. The van der Waals surface area contributed by atoms with Crippen LogP contribution in [0.5, 0.6) is 0 Å². The molecule has 0 aliphatic carbocycles. The van der Waals surface area contributed by atoms with Crippen LogP contribution in [-0.2, 0) is 16.0 Å². The van der Waals surface area contributed by atoms with Gasteiger partial charge in [-0.05, 0) is 17.7 Å². The number of rotatable bonds is 5. The molecule has 0 fully saturated rings. The van der Waals surface area contributed by atoms with Crippen LogP contribution in [0.25, 0.3) is 10.9 Å². The first-order valence-electron chi connectivity index (χ1n) is 5.30. The summed E-state index contributed by atoms with van der Waals surface area (Å²) in [7, 11) is 0. The van der Waals surface area contributed by atoms with Crippen LogP contribution >= 0.6 is 11.6 Å². The van der Waals surface area contributed by atoms with Gasteiger partial charge in [0.1, 0.15) is 6.04 Å². The fourth-order valence-electron chi connectivity index (χ4n) is 1.85. The van der Waals surface area contributed by atoms with Crippen molar-refractivity contribution in [2.45, 2.75) is 12.5 Å². The van der Waals surface area contributed by atoms with Crippen LogP contribution in [0.15, 0.2) is 24.4 Å². The number of benzene rings is 1. The molecule has 94 valence electrons. The molecule has 1 atom stereocenters. The molecule has 2 aromatic rings. The average Bonchev–Trinajstić information content (AvgIpc) is 2.71. The number of carbonyl (C=O) groups excluding carboxylic acids is 1. The molecule has 0 saturated carbocycles. The third-order valence-corrected chi connectivity index (χ3v) is 2.96. The number of amides is 1. The number of carboxylic acid groups (broad SMARTS) is 1. The molecular weight excluding hydrogens is 256 g/mol. The number of carboxylic acids is 1. The molecule has 0 saturated heterocycles. The van der Waals surface area contributed by atoms with Crippen LogP contribution in [0.2, 0.25) is 5.02 Å². The van der Waals surface area contributed by atoms with E-state index in [2.05, 4.69) is 10.3 Å². The molecule has 6 heteroatoms. The molecule has 0 aliphatic rings. The third-order valence-electron chi connectivity index (χ3n) is 2.72. The highest BCUT2D eigenvalue weighted by Crippen LogP contribution is 2.22. The summed E-state index contributed by atoms with van der Waals surface area (Å²) in [6, 6.07) is 4.40. The lowest BCUT2D eigenvalue weighted by Gasteiger charge is -2.10. The van der Waals surface area contributed by atoms with Crippen LogP contribution in [0.1, 0.15) is 5.56 Å². The Morgan fingerprint density at radius 1 is 1.56 bits per heavy atom. The lowest BCUT2D eigenvalue weighted by atomic mass is 10.1. The molecule has 1 amide bonds. The van der Waals surface area contributed by atoms with Gasteiger partial charge < -0.3 is 15.4 Å². The van der Waals surface area contributed by atoms with E-state index in [1.54, 1.807) is 18.3 Å². The Hall–Kier alpha value is -2.01. The number of hydrogen-bond donors (Lipinski definition) is 3. The van der Waals surface area contributed by atoms with Crippen molar-refractivity contribution < 1.29 is 14.7 Å².